The van der Waals surface area contributed by atoms with Crippen molar-refractivity contribution in [2.45, 2.75) is 117 Å². The summed E-state index contributed by atoms with van der Waals surface area (Å²) in [5.74, 6) is 1.67. The molecule has 4 heteroatoms. The van der Waals surface area contributed by atoms with E-state index in [1.54, 1.807) is 0 Å². The van der Waals surface area contributed by atoms with Crippen molar-refractivity contribution < 1.29 is 9.47 Å². The minimum absolute atomic E-state index is 0.662. The van der Waals surface area contributed by atoms with E-state index in [0.717, 1.165) is 35.7 Å². The Morgan fingerprint density at radius 1 is 0.472 bits per heavy atom. The molecule has 0 unspecified atom stereocenters. The van der Waals surface area contributed by atoms with E-state index in [1.165, 1.54) is 101 Å². The average Bonchev–Trinajstić information content (AvgIpc) is 2.88. The number of hydrogen-bond donors (Lipinski definition) is 2. The minimum Gasteiger partial charge on any atom is -0.492 e. The van der Waals surface area contributed by atoms with Crippen LogP contribution in [0.2, 0.25) is 0 Å². The maximum Gasteiger partial charge on any atom is 0.142 e. The summed E-state index contributed by atoms with van der Waals surface area (Å²) < 4.78 is 11.2. The van der Waals surface area contributed by atoms with Gasteiger partial charge in [0.15, 0.2) is 0 Å². The molecule has 0 saturated carbocycles. The zero-order chi connectivity index (χ0) is 25.8. The normalized spacial score (nSPS) is 11.1. The molecule has 0 amide bonds. The molecule has 0 aliphatic carbocycles. The Hall–Kier alpha value is -2.36. The molecule has 0 saturated heterocycles. The second-order valence-electron chi connectivity index (χ2n) is 9.97. The predicted octanol–water partition coefficient (Wildman–Crippen LogP) is 8.90. The lowest BCUT2D eigenvalue weighted by Gasteiger charge is -2.11. The summed E-state index contributed by atoms with van der Waals surface area (Å²) in [7, 11) is 0. The Kier molecular flexibility index (Phi) is 15.6. The fourth-order valence-corrected chi connectivity index (χ4v) is 4.93. The van der Waals surface area contributed by atoms with E-state index in [9.17, 15) is 0 Å². The number of unbranched alkanes of at least 4 members (excludes halogenated alkanes) is 13. The Morgan fingerprint density at radius 3 is 1.08 bits per heavy atom. The molecule has 4 nitrogen and oxygen atoms in total. The van der Waals surface area contributed by atoms with Crippen molar-refractivity contribution >= 4 is 11.4 Å². The zero-order valence-corrected chi connectivity index (χ0v) is 23.2. The Balaban J connectivity index is 1.37. The minimum atomic E-state index is 0.662. The van der Waals surface area contributed by atoms with Gasteiger partial charge in [-0.2, -0.15) is 0 Å². The van der Waals surface area contributed by atoms with Crippen LogP contribution in [-0.2, 0) is 12.8 Å². The summed E-state index contributed by atoms with van der Waals surface area (Å²) in [6.45, 7) is 5.32. The first-order valence-corrected chi connectivity index (χ1v) is 14.7. The second-order valence-corrected chi connectivity index (χ2v) is 9.97. The zero-order valence-electron chi connectivity index (χ0n) is 23.2. The van der Waals surface area contributed by atoms with Crippen LogP contribution in [0.15, 0.2) is 36.4 Å². The fourth-order valence-electron chi connectivity index (χ4n) is 4.93. The highest BCUT2D eigenvalue weighted by atomic mass is 16.5. The molecular weight excluding hydrogens is 444 g/mol. The number of rotatable bonds is 21. The molecule has 4 N–H and O–H groups in total. The first-order valence-electron chi connectivity index (χ1n) is 14.7. The third kappa shape index (κ3) is 11.6. The van der Waals surface area contributed by atoms with Crippen LogP contribution >= 0.6 is 0 Å². The van der Waals surface area contributed by atoms with Crippen molar-refractivity contribution in [2.75, 3.05) is 24.7 Å². The van der Waals surface area contributed by atoms with Gasteiger partial charge in [0.25, 0.3) is 0 Å². The SMILES string of the molecule is CCOc1cccc(CCCCCCCCCCCCCCCCc2cccc(OCC)c2N)c1N. The van der Waals surface area contributed by atoms with Crippen molar-refractivity contribution in [3.63, 3.8) is 0 Å². The van der Waals surface area contributed by atoms with E-state index in [-0.39, 0.29) is 0 Å². The van der Waals surface area contributed by atoms with E-state index in [4.69, 9.17) is 20.9 Å². The van der Waals surface area contributed by atoms with Gasteiger partial charge in [0, 0.05) is 0 Å². The molecule has 202 valence electrons. The highest BCUT2D eigenvalue weighted by Gasteiger charge is 2.06. The molecule has 36 heavy (non-hydrogen) atoms. The van der Waals surface area contributed by atoms with Crippen LogP contribution in [0.1, 0.15) is 115 Å². The standard InChI is InChI=1S/C32H52N2O2/c1-3-35-29-25-19-23-27(31(29)33)21-17-15-13-11-9-7-5-6-8-10-12-14-16-18-22-28-24-20-26-30(32(28)34)36-4-2/h19-20,23-26H,3-18,21-22,33-34H2,1-2H3. The molecule has 0 radical (unpaired) electrons. The Labute approximate surface area is 221 Å². The number of nitrogens with two attached hydrogens (primary N) is 2. The van der Waals surface area contributed by atoms with Gasteiger partial charge in [0.05, 0.1) is 24.6 Å². The van der Waals surface area contributed by atoms with Gasteiger partial charge in [-0.05, 0) is 62.8 Å². The first kappa shape index (κ1) is 29.9. The van der Waals surface area contributed by atoms with E-state index in [1.807, 2.05) is 26.0 Å². The number of aryl methyl sites for hydroxylation is 2. The number of anilines is 2. The molecular formula is C32H52N2O2. The fraction of sp³-hybridized carbons (Fsp3) is 0.625. The molecule has 2 rings (SSSR count). The molecule has 0 spiro atoms. The lowest BCUT2D eigenvalue weighted by Crippen LogP contribution is -2.00. The molecule has 0 atom stereocenters. The Bertz CT molecular complexity index is 767. The smallest absolute Gasteiger partial charge is 0.142 e. The summed E-state index contributed by atoms with van der Waals surface area (Å²) in [5, 5.41) is 0. The number of nitrogen functional groups attached to an aromatic ring is 2. The third-order valence-corrected chi connectivity index (χ3v) is 7.05. The average molecular weight is 497 g/mol. The lowest BCUT2D eigenvalue weighted by atomic mass is 10.0. The number of hydrogen-bond acceptors (Lipinski definition) is 4. The number of para-hydroxylation sites is 2. The van der Waals surface area contributed by atoms with Crippen LogP contribution in [-0.4, -0.2) is 13.2 Å². The van der Waals surface area contributed by atoms with Crippen LogP contribution in [0.4, 0.5) is 11.4 Å². The van der Waals surface area contributed by atoms with Crippen LogP contribution in [0.25, 0.3) is 0 Å². The second kappa shape index (κ2) is 18.8. The molecule has 0 heterocycles. The first-order chi connectivity index (χ1) is 17.7. The van der Waals surface area contributed by atoms with Crippen molar-refractivity contribution in [1.82, 2.24) is 0 Å². The van der Waals surface area contributed by atoms with Crippen LogP contribution in [0, 0.1) is 0 Å². The monoisotopic (exact) mass is 496 g/mol. The van der Waals surface area contributed by atoms with Crippen LogP contribution < -0.4 is 20.9 Å². The quantitative estimate of drug-likeness (QED) is 0.134. The number of benzene rings is 2. The molecule has 2 aromatic rings. The highest BCUT2D eigenvalue weighted by Crippen LogP contribution is 2.28. The van der Waals surface area contributed by atoms with Crippen molar-refractivity contribution in [3.05, 3.63) is 47.5 Å². The van der Waals surface area contributed by atoms with Gasteiger partial charge in [-0.15, -0.1) is 0 Å². The van der Waals surface area contributed by atoms with E-state index in [2.05, 4.69) is 24.3 Å². The molecule has 0 aromatic heterocycles. The highest BCUT2D eigenvalue weighted by molar-refractivity contribution is 5.59. The predicted molar refractivity (Wildman–Crippen MR) is 156 cm³/mol. The van der Waals surface area contributed by atoms with Gasteiger partial charge in [-0.3, -0.25) is 0 Å². The van der Waals surface area contributed by atoms with E-state index in [0.29, 0.717) is 13.2 Å². The van der Waals surface area contributed by atoms with Crippen molar-refractivity contribution in [1.29, 1.82) is 0 Å². The number of ether oxygens (including phenoxy) is 2. The molecule has 0 aliphatic rings. The lowest BCUT2D eigenvalue weighted by molar-refractivity contribution is 0.341. The van der Waals surface area contributed by atoms with Gasteiger partial charge in [-0.1, -0.05) is 101 Å². The summed E-state index contributed by atoms with van der Waals surface area (Å²) in [5.41, 5.74) is 16.6. The van der Waals surface area contributed by atoms with Gasteiger partial charge in [0.2, 0.25) is 0 Å². The summed E-state index contributed by atoms with van der Waals surface area (Å²) in [6, 6.07) is 12.3. The molecule has 0 fully saturated rings. The topological polar surface area (TPSA) is 70.5 Å². The Morgan fingerprint density at radius 2 is 0.778 bits per heavy atom. The van der Waals surface area contributed by atoms with Crippen LogP contribution in [0.5, 0.6) is 11.5 Å². The summed E-state index contributed by atoms with van der Waals surface area (Å²) >= 11 is 0. The third-order valence-electron chi connectivity index (χ3n) is 7.05. The largest absolute Gasteiger partial charge is 0.492 e. The van der Waals surface area contributed by atoms with Crippen LogP contribution in [0.3, 0.4) is 0 Å². The molecule has 0 aliphatic heterocycles. The summed E-state index contributed by atoms with van der Waals surface area (Å²) in [6.07, 6.45) is 20.9. The van der Waals surface area contributed by atoms with Crippen molar-refractivity contribution in [2.24, 2.45) is 0 Å². The van der Waals surface area contributed by atoms with Crippen molar-refractivity contribution in [3.8, 4) is 11.5 Å². The van der Waals surface area contributed by atoms with E-state index < -0.39 is 0 Å². The van der Waals surface area contributed by atoms with Gasteiger partial charge in [-0.25, -0.2) is 0 Å². The van der Waals surface area contributed by atoms with Gasteiger partial charge in [0.1, 0.15) is 11.5 Å². The maximum atomic E-state index is 6.24. The van der Waals surface area contributed by atoms with E-state index >= 15 is 0 Å². The maximum absolute atomic E-state index is 6.24. The summed E-state index contributed by atoms with van der Waals surface area (Å²) in [4.78, 5) is 0. The van der Waals surface area contributed by atoms with Gasteiger partial charge >= 0.3 is 0 Å². The molecule has 2 aromatic carbocycles. The molecule has 0 bridgehead atoms. The van der Waals surface area contributed by atoms with Gasteiger partial charge < -0.3 is 20.9 Å².